The molecule has 1 aliphatic heterocycles. The van der Waals surface area contributed by atoms with E-state index in [9.17, 15) is 14.9 Å². The summed E-state index contributed by atoms with van der Waals surface area (Å²) in [5.74, 6) is -0.205. The van der Waals surface area contributed by atoms with Crippen molar-refractivity contribution >= 4 is 22.9 Å². The maximum absolute atomic E-state index is 12.2. The highest BCUT2D eigenvalue weighted by Crippen LogP contribution is 2.35. The Kier molecular flexibility index (Phi) is 5.15. The van der Waals surface area contributed by atoms with Crippen molar-refractivity contribution in [1.29, 1.82) is 0 Å². The summed E-state index contributed by atoms with van der Waals surface area (Å²) in [5.41, 5.74) is 1.81. The first-order valence-corrected chi connectivity index (χ1v) is 9.20. The molecule has 0 saturated carbocycles. The molecule has 2 atom stereocenters. The molecule has 2 aromatic rings. The van der Waals surface area contributed by atoms with Crippen molar-refractivity contribution in [1.82, 2.24) is 10.2 Å². The van der Waals surface area contributed by atoms with Crippen molar-refractivity contribution in [3.8, 4) is 0 Å². The van der Waals surface area contributed by atoms with Gasteiger partial charge in [0.15, 0.2) is 0 Å². The van der Waals surface area contributed by atoms with Gasteiger partial charge in [-0.15, -0.1) is 11.3 Å². The van der Waals surface area contributed by atoms with Gasteiger partial charge in [0.1, 0.15) is 0 Å². The number of fused-ring (bicyclic) bond motifs is 1. The van der Waals surface area contributed by atoms with Crippen molar-refractivity contribution < 1.29 is 9.72 Å². The maximum atomic E-state index is 12.2. The second-order valence-electron chi connectivity index (χ2n) is 6.33. The molecule has 0 unspecified atom stereocenters. The van der Waals surface area contributed by atoms with E-state index in [-0.39, 0.29) is 11.6 Å². The molecule has 1 aliphatic rings. The van der Waals surface area contributed by atoms with Crippen LogP contribution in [0.5, 0.6) is 0 Å². The summed E-state index contributed by atoms with van der Waals surface area (Å²) in [6.45, 7) is 5.75. The van der Waals surface area contributed by atoms with Gasteiger partial charge in [0.05, 0.1) is 4.92 Å². The number of hydrogen-bond acceptors (Lipinski definition) is 5. The summed E-state index contributed by atoms with van der Waals surface area (Å²) in [6.07, 6.45) is 1.05. The average Bonchev–Trinajstić information content (AvgIpc) is 3.06. The number of nitrogens with zero attached hydrogens (tertiary/aromatic N) is 2. The zero-order valence-electron chi connectivity index (χ0n) is 14.3. The van der Waals surface area contributed by atoms with Crippen LogP contribution in [0.1, 0.15) is 40.7 Å². The van der Waals surface area contributed by atoms with Crippen molar-refractivity contribution in [3.63, 3.8) is 0 Å². The van der Waals surface area contributed by atoms with Gasteiger partial charge in [-0.1, -0.05) is 0 Å². The molecule has 1 amide bonds. The number of carbonyl (C=O) groups excluding carboxylic acids is 1. The molecular weight excluding hydrogens is 338 g/mol. The van der Waals surface area contributed by atoms with Gasteiger partial charge in [0.2, 0.25) is 0 Å². The minimum absolute atomic E-state index is 0.0147. The fraction of sp³-hybridized carbons (Fsp3) is 0.389. The molecule has 1 aromatic carbocycles. The Balaban J connectivity index is 1.55. The number of non-ortho nitro benzene ring substituents is 1. The Hall–Kier alpha value is -2.25. The second-order valence-corrected chi connectivity index (χ2v) is 7.33. The van der Waals surface area contributed by atoms with Gasteiger partial charge in [0, 0.05) is 47.7 Å². The Labute approximate surface area is 150 Å². The summed E-state index contributed by atoms with van der Waals surface area (Å²) < 4.78 is 0. The highest BCUT2D eigenvalue weighted by Gasteiger charge is 2.29. The summed E-state index contributed by atoms with van der Waals surface area (Å²) in [6, 6.07) is 8.65. The molecule has 0 radical (unpaired) electrons. The van der Waals surface area contributed by atoms with Crippen molar-refractivity contribution in [2.45, 2.75) is 32.4 Å². The molecule has 2 heterocycles. The molecule has 0 aliphatic carbocycles. The predicted octanol–water partition coefficient (Wildman–Crippen LogP) is 3.39. The van der Waals surface area contributed by atoms with Crippen LogP contribution in [0, 0.1) is 10.1 Å². The van der Waals surface area contributed by atoms with Crippen LogP contribution in [-0.2, 0) is 6.42 Å². The number of nitrogens with one attached hydrogen (secondary N) is 1. The molecule has 25 heavy (non-hydrogen) atoms. The number of hydrogen-bond donors (Lipinski definition) is 1. The Bertz CT molecular complexity index is 772. The molecule has 0 spiro atoms. The molecule has 3 rings (SSSR count). The highest BCUT2D eigenvalue weighted by molar-refractivity contribution is 7.10. The van der Waals surface area contributed by atoms with Crippen LogP contribution in [0.4, 0.5) is 5.69 Å². The topological polar surface area (TPSA) is 75.5 Å². The van der Waals surface area contributed by atoms with Gasteiger partial charge in [-0.3, -0.25) is 19.8 Å². The Morgan fingerprint density at radius 2 is 2.04 bits per heavy atom. The molecule has 6 nitrogen and oxygen atoms in total. The van der Waals surface area contributed by atoms with Crippen molar-refractivity contribution in [2.24, 2.45) is 0 Å². The van der Waals surface area contributed by atoms with Gasteiger partial charge in [0.25, 0.3) is 11.6 Å². The quantitative estimate of drug-likeness (QED) is 0.656. The number of nitro benzene ring substituents is 1. The van der Waals surface area contributed by atoms with Crippen LogP contribution in [0.15, 0.2) is 35.7 Å². The molecule has 1 N–H and O–H groups in total. The van der Waals surface area contributed by atoms with Gasteiger partial charge in [-0.2, -0.15) is 0 Å². The third-order valence-electron chi connectivity index (χ3n) is 4.77. The molecule has 0 bridgehead atoms. The van der Waals surface area contributed by atoms with Gasteiger partial charge >= 0.3 is 0 Å². The van der Waals surface area contributed by atoms with Crippen LogP contribution in [0.25, 0.3) is 0 Å². The lowest BCUT2D eigenvalue weighted by Crippen LogP contribution is -2.44. The largest absolute Gasteiger partial charge is 0.351 e. The molecular formula is C18H21N3O3S. The first kappa shape index (κ1) is 17.6. The minimum atomic E-state index is -0.473. The van der Waals surface area contributed by atoms with Crippen LogP contribution in [0.3, 0.4) is 0 Å². The fourth-order valence-corrected chi connectivity index (χ4v) is 4.47. The lowest BCUT2D eigenvalue weighted by atomic mass is 9.96. The molecule has 132 valence electrons. The molecule has 1 aromatic heterocycles. The zero-order chi connectivity index (χ0) is 18.0. The van der Waals surface area contributed by atoms with Crippen molar-refractivity contribution in [2.75, 3.05) is 13.1 Å². The van der Waals surface area contributed by atoms with Gasteiger partial charge in [-0.25, -0.2) is 0 Å². The van der Waals surface area contributed by atoms with E-state index < -0.39 is 4.92 Å². The van der Waals surface area contributed by atoms with Crippen LogP contribution < -0.4 is 5.32 Å². The third-order valence-corrected chi connectivity index (χ3v) is 5.73. The SMILES string of the molecule is C[C@H]1Cc2sccc2[C@H](C)N1CCNC(=O)c1ccc([N+](=O)[O-])cc1. The van der Waals surface area contributed by atoms with Crippen LogP contribution in [-0.4, -0.2) is 34.9 Å². The predicted molar refractivity (Wildman–Crippen MR) is 98.0 cm³/mol. The second kappa shape index (κ2) is 7.33. The van der Waals surface area contributed by atoms with E-state index in [1.54, 1.807) is 0 Å². The van der Waals surface area contributed by atoms with E-state index >= 15 is 0 Å². The number of amides is 1. The third kappa shape index (κ3) is 3.72. The van der Waals surface area contributed by atoms with E-state index in [1.807, 2.05) is 11.3 Å². The summed E-state index contributed by atoms with van der Waals surface area (Å²) in [5, 5.41) is 15.7. The molecule has 0 saturated heterocycles. The number of thiophene rings is 1. The summed E-state index contributed by atoms with van der Waals surface area (Å²) in [4.78, 5) is 26.2. The zero-order valence-corrected chi connectivity index (χ0v) is 15.1. The first-order valence-electron chi connectivity index (χ1n) is 8.32. The van der Waals surface area contributed by atoms with E-state index in [4.69, 9.17) is 0 Å². The smallest absolute Gasteiger partial charge is 0.269 e. The van der Waals surface area contributed by atoms with Crippen LogP contribution >= 0.6 is 11.3 Å². The number of benzene rings is 1. The standard InChI is InChI=1S/C18H21N3O3S/c1-12-11-17-16(7-10-25-17)13(2)20(12)9-8-19-18(22)14-3-5-15(6-4-14)21(23)24/h3-7,10,12-13H,8-9,11H2,1-2H3,(H,19,22)/t12-,13-/m0/s1. The van der Waals surface area contributed by atoms with Crippen LogP contribution in [0.2, 0.25) is 0 Å². The summed E-state index contributed by atoms with van der Waals surface area (Å²) >= 11 is 1.82. The van der Waals surface area contributed by atoms with E-state index in [0.29, 0.717) is 24.2 Å². The highest BCUT2D eigenvalue weighted by atomic mass is 32.1. The lowest BCUT2D eigenvalue weighted by molar-refractivity contribution is -0.384. The van der Waals surface area contributed by atoms with E-state index in [2.05, 4.69) is 35.5 Å². The molecule has 0 fully saturated rings. The Morgan fingerprint density at radius 3 is 2.72 bits per heavy atom. The maximum Gasteiger partial charge on any atom is 0.269 e. The number of nitro groups is 1. The monoisotopic (exact) mass is 359 g/mol. The van der Waals surface area contributed by atoms with Gasteiger partial charge in [-0.05, 0) is 49.4 Å². The average molecular weight is 359 g/mol. The minimum Gasteiger partial charge on any atom is -0.351 e. The van der Waals surface area contributed by atoms with Gasteiger partial charge < -0.3 is 5.32 Å². The van der Waals surface area contributed by atoms with E-state index in [0.717, 1.165) is 13.0 Å². The number of rotatable bonds is 5. The lowest BCUT2D eigenvalue weighted by Gasteiger charge is -2.39. The summed E-state index contributed by atoms with van der Waals surface area (Å²) in [7, 11) is 0. The van der Waals surface area contributed by atoms with E-state index in [1.165, 1.54) is 34.7 Å². The fourth-order valence-electron chi connectivity index (χ4n) is 3.38. The van der Waals surface area contributed by atoms with Crippen molar-refractivity contribution in [3.05, 3.63) is 61.8 Å². The Morgan fingerprint density at radius 1 is 1.32 bits per heavy atom. The first-order chi connectivity index (χ1) is 12.0. The molecule has 7 heteroatoms. The normalized spacial score (nSPS) is 20.1. The number of carbonyl (C=O) groups is 1.